The minimum Gasteiger partial charge on any atom is -0.452 e. The van der Waals surface area contributed by atoms with Gasteiger partial charge in [-0.2, -0.15) is 0 Å². The molecular formula is C17H17BrN2O. The Balaban J connectivity index is 2.00. The van der Waals surface area contributed by atoms with Gasteiger partial charge in [0.05, 0.1) is 11.6 Å². The van der Waals surface area contributed by atoms with E-state index in [1.54, 1.807) is 0 Å². The fourth-order valence-electron chi connectivity index (χ4n) is 2.42. The second kappa shape index (κ2) is 6.41. The monoisotopic (exact) mass is 344 g/mol. The second-order valence-electron chi connectivity index (χ2n) is 4.98. The number of nitrogens with zero attached hydrogens (tertiary/aromatic N) is 1. The molecular weight excluding hydrogens is 328 g/mol. The largest absolute Gasteiger partial charge is 0.452 e. The van der Waals surface area contributed by atoms with Gasteiger partial charge in [0.25, 0.3) is 0 Å². The highest BCUT2D eigenvalue weighted by atomic mass is 79.9. The Hall–Kier alpha value is -1.65. The van der Waals surface area contributed by atoms with Crippen molar-refractivity contribution < 1.29 is 4.42 Å². The molecule has 3 nitrogen and oxygen atoms in total. The van der Waals surface area contributed by atoms with E-state index < -0.39 is 0 Å². The lowest BCUT2D eigenvalue weighted by molar-refractivity contribution is 0.433. The molecule has 1 atom stereocenters. The van der Waals surface area contributed by atoms with Gasteiger partial charge in [0.15, 0.2) is 4.67 Å². The highest BCUT2D eigenvalue weighted by molar-refractivity contribution is 9.10. The van der Waals surface area contributed by atoms with Crippen LogP contribution < -0.4 is 5.32 Å². The minimum absolute atomic E-state index is 0.0441. The molecule has 0 amide bonds. The zero-order chi connectivity index (χ0) is 14.7. The summed E-state index contributed by atoms with van der Waals surface area (Å²) in [5.41, 5.74) is 2.17. The molecule has 0 saturated carbocycles. The first-order valence-corrected chi connectivity index (χ1v) is 7.90. The SMILES string of the molecule is CCCNC(c1ccc2cccnc2c1)c1ccc(Br)o1. The van der Waals surface area contributed by atoms with Crippen LogP contribution in [0, 0.1) is 0 Å². The fraction of sp³-hybridized carbons (Fsp3) is 0.235. The van der Waals surface area contributed by atoms with Gasteiger partial charge in [-0.15, -0.1) is 0 Å². The summed E-state index contributed by atoms with van der Waals surface area (Å²) in [4.78, 5) is 4.44. The van der Waals surface area contributed by atoms with E-state index >= 15 is 0 Å². The number of pyridine rings is 1. The van der Waals surface area contributed by atoms with E-state index in [4.69, 9.17) is 4.42 Å². The van der Waals surface area contributed by atoms with Crippen molar-refractivity contribution in [3.05, 3.63) is 64.7 Å². The predicted molar refractivity (Wildman–Crippen MR) is 88.3 cm³/mol. The number of fused-ring (bicyclic) bond motifs is 1. The smallest absolute Gasteiger partial charge is 0.169 e. The van der Waals surface area contributed by atoms with E-state index in [1.807, 2.05) is 24.4 Å². The first-order valence-electron chi connectivity index (χ1n) is 7.11. The summed E-state index contributed by atoms with van der Waals surface area (Å²) in [7, 11) is 0. The van der Waals surface area contributed by atoms with Crippen LogP contribution in [0.15, 0.2) is 57.7 Å². The third-order valence-corrected chi connectivity index (χ3v) is 3.87. The van der Waals surface area contributed by atoms with Gasteiger partial charge in [-0.1, -0.05) is 25.1 Å². The van der Waals surface area contributed by atoms with Crippen molar-refractivity contribution in [3.63, 3.8) is 0 Å². The van der Waals surface area contributed by atoms with E-state index in [2.05, 4.69) is 57.4 Å². The number of furan rings is 1. The molecule has 108 valence electrons. The molecule has 0 saturated heterocycles. The second-order valence-corrected chi connectivity index (χ2v) is 5.77. The minimum atomic E-state index is 0.0441. The van der Waals surface area contributed by atoms with Gasteiger partial charge in [0, 0.05) is 11.6 Å². The lowest BCUT2D eigenvalue weighted by Gasteiger charge is -2.17. The molecule has 4 heteroatoms. The third-order valence-electron chi connectivity index (χ3n) is 3.44. The van der Waals surface area contributed by atoms with Gasteiger partial charge < -0.3 is 9.73 Å². The van der Waals surface area contributed by atoms with Crippen LogP contribution in [0.2, 0.25) is 0 Å². The average Bonchev–Trinajstić information content (AvgIpc) is 2.94. The maximum atomic E-state index is 5.74. The lowest BCUT2D eigenvalue weighted by atomic mass is 10.0. The number of nitrogens with one attached hydrogen (secondary N) is 1. The number of aromatic nitrogens is 1. The van der Waals surface area contributed by atoms with Gasteiger partial charge in [0.1, 0.15) is 5.76 Å². The Kier molecular flexibility index (Phi) is 4.36. The number of hydrogen-bond acceptors (Lipinski definition) is 3. The topological polar surface area (TPSA) is 38.1 Å². The molecule has 21 heavy (non-hydrogen) atoms. The molecule has 3 aromatic rings. The van der Waals surface area contributed by atoms with Crippen LogP contribution in [0.25, 0.3) is 10.9 Å². The lowest BCUT2D eigenvalue weighted by Crippen LogP contribution is -2.22. The first kappa shape index (κ1) is 14.3. The molecule has 2 aromatic heterocycles. The van der Waals surface area contributed by atoms with E-state index in [1.165, 1.54) is 0 Å². The highest BCUT2D eigenvalue weighted by Gasteiger charge is 2.17. The molecule has 3 rings (SSSR count). The van der Waals surface area contributed by atoms with Crippen molar-refractivity contribution in [2.24, 2.45) is 0 Å². The van der Waals surface area contributed by atoms with Crippen molar-refractivity contribution in [1.82, 2.24) is 10.3 Å². The van der Waals surface area contributed by atoms with Crippen LogP contribution in [0.4, 0.5) is 0 Å². The van der Waals surface area contributed by atoms with Crippen molar-refractivity contribution in [3.8, 4) is 0 Å². The Morgan fingerprint density at radius 1 is 1.24 bits per heavy atom. The number of hydrogen-bond donors (Lipinski definition) is 1. The van der Waals surface area contributed by atoms with Crippen LogP contribution in [0.5, 0.6) is 0 Å². The van der Waals surface area contributed by atoms with Gasteiger partial charge in [-0.05, 0) is 58.7 Å². The van der Waals surface area contributed by atoms with Crippen LogP contribution in [-0.4, -0.2) is 11.5 Å². The standard InChI is InChI=1S/C17H17BrN2O/c1-2-9-20-17(15-7-8-16(18)21-15)13-6-5-12-4-3-10-19-14(12)11-13/h3-8,10-11,17,20H,2,9H2,1H3. The molecule has 0 radical (unpaired) electrons. The molecule has 0 aliphatic rings. The zero-order valence-corrected chi connectivity index (χ0v) is 13.4. The molecule has 1 N–H and O–H groups in total. The molecule has 0 bridgehead atoms. The van der Waals surface area contributed by atoms with Gasteiger partial charge in [0.2, 0.25) is 0 Å². The first-order chi connectivity index (χ1) is 10.3. The van der Waals surface area contributed by atoms with Crippen molar-refractivity contribution in [2.75, 3.05) is 6.54 Å². The van der Waals surface area contributed by atoms with E-state index in [-0.39, 0.29) is 6.04 Å². The summed E-state index contributed by atoms with van der Waals surface area (Å²) in [6, 6.07) is 14.4. The van der Waals surface area contributed by atoms with Crippen molar-refractivity contribution in [1.29, 1.82) is 0 Å². The summed E-state index contributed by atoms with van der Waals surface area (Å²) in [5.74, 6) is 0.908. The maximum absolute atomic E-state index is 5.74. The average molecular weight is 345 g/mol. The van der Waals surface area contributed by atoms with E-state index in [0.29, 0.717) is 0 Å². The summed E-state index contributed by atoms with van der Waals surface area (Å²) < 4.78 is 6.49. The number of rotatable bonds is 5. The van der Waals surface area contributed by atoms with Crippen molar-refractivity contribution in [2.45, 2.75) is 19.4 Å². The molecule has 0 aliphatic carbocycles. The Labute approximate surface area is 132 Å². The quantitative estimate of drug-likeness (QED) is 0.730. The number of benzene rings is 1. The molecule has 0 spiro atoms. The van der Waals surface area contributed by atoms with Crippen LogP contribution in [-0.2, 0) is 0 Å². The van der Waals surface area contributed by atoms with Crippen LogP contribution in [0.3, 0.4) is 0 Å². The predicted octanol–water partition coefficient (Wildman–Crippen LogP) is 4.68. The zero-order valence-electron chi connectivity index (χ0n) is 11.8. The Morgan fingerprint density at radius 2 is 2.14 bits per heavy atom. The molecule has 2 heterocycles. The summed E-state index contributed by atoms with van der Waals surface area (Å²) in [6.45, 7) is 3.09. The van der Waals surface area contributed by atoms with E-state index in [0.717, 1.165) is 39.9 Å². The highest BCUT2D eigenvalue weighted by Crippen LogP contribution is 2.28. The normalized spacial score (nSPS) is 12.7. The van der Waals surface area contributed by atoms with Crippen molar-refractivity contribution >= 4 is 26.8 Å². The Bertz CT molecular complexity index is 738. The summed E-state index contributed by atoms with van der Waals surface area (Å²) >= 11 is 3.37. The number of halogens is 1. The molecule has 1 aromatic carbocycles. The fourth-order valence-corrected chi connectivity index (χ4v) is 2.74. The van der Waals surface area contributed by atoms with Gasteiger partial charge >= 0.3 is 0 Å². The van der Waals surface area contributed by atoms with Gasteiger partial charge in [-0.25, -0.2) is 0 Å². The molecule has 0 aliphatic heterocycles. The van der Waals surface area contributed by atoms with E-state index in [9.17, 15) is 0 Å². The summed E-state index contributed by atoms with van der Waals surface area (Å²) in [5, 5.41) is 4.69. The maximum Gasteiger partial charge on any atom is 0.169 e. The van der Waals surface area contributed by atoms with Gasteiger partial charge in [-0.3, -0.25) is 4.98 Å². The van der Waals surface area contributed by atoms with Crippen LogP contribution >= 0.6 is 15.9 Å². The summed E-state index contributed by atoms with van der Waals surface area (Å²) in [6.07, 6.45) is 2.90. The Morgan fingerprint density at radius 3 is 2.90 bits per heavy atom. The molecule has 1 unspecified atom stereocenters. The third kappa shape index (κ3) is 3.17. The van der Waals surface area contributed by atoms with Crippen LogP contribution in [0.1, 0.15) is 30.7 Å². The molecule has 0 fully saturated rings.